The molecule has 0 spiro atoms. The molecule has 0 N–H and O–H groups in total. The molecule has 0 aromatic carbocycles. The Bertz CT molecular complexity index is 1480. The average Bonchev–Trinajstić information content (AvgIpc) is 3.46. The highest BCUT2D eigenvalue weighted by atomic mass is 16.6. The number of carbonyl (C=O) groups excluding carboxylic acids is 4. The van der Waals surface area contributed by atoms with E-state index in [0.29, 0.717) is 37.3 Å². The van der Waals surface area contributed by atoms with Gasteiger partial charge in [-0.1, -0.05) is 41.5 Å². The number of esters is 1. The van der Waals surface area contributed by atoms with Crippen molar-refractivity contribution < 1.29 is 28.7 Å². The van der Waals surface area contributed by atoms with E-state index in [4.69, 9.17) is 9.47 Å². The number of amides is 2. The van der Waals surface area contributed by atoms with Crippen LogP contribution in [0.15, 0.2) is 11.1 Å². The Morgan fingerprint density at radius 1 is 0.820 bits per heavy atom. The van der Waals surface area contributed by atoms with Crippen molar-refractivity contribution in [2.75, 3.05) is 13.1 Å². The van der Waals surface area contributed by atoms with E-state index < -0.39 is 11.0 Å². The number of carbonyl (C=O) groups is 4. The first-order valence-corrected chi connectivity index (χ1v) is 20.0. The number of likely N-dealkylation sites (tertiary alicyclic amines) is 1. The van der Waals surface area contributed by atoms with E-state index in [9.17, 15) is 14.4 Å². The predicted octanol–water partition coefficient (Wildman–Crippen LogP) is 8.12. The Kier molecular flexibility index (Phi) is 8.51. The maximum atomic E-state index is 15.3. The second kappa shape index (κ2) is 11.8. The van der Waals surface area contributed by atoms with Crippen LogP contribution in [0.3, 0.4) is 0 Å². The van der Waals surface area contributed by atoms with Gasteiger partial charge in [0.05, 0.1) is 5.41 Å². The van der Waals surface area contributed by atoms with Crippen molar-refractivity contribution >= 4 is 23.8 Å². The molecular weight excluding hydrogens is 628 g/mol. The molecule has 7 rings (SSSR count). The molecule has 0 aromatic rings. The number of allylic oxidation sites excluding steroid dienone is 1. The Morgan fingerprint density at radius 3 is 2.06 bits per heavy atom. The molecule has 7 aliphatic rings. The van der Waals surface area contributed by atoms with Gasteiger partial charge in [0.25, 0.3) is 0 Å². The van der Waals surface area contributed by atoms with Crippen molar-refractivity contribution in [2.24, 2.45) is 51.2 Å². The smallest absolute Gasteiger partial charge is 0.410 e. The summed E-state index contributed by atoms with van der Waals surface area (Å²) in [5.74, 6) is 2.02. The lowest BCUT2D eigenvalue weighted by Gasteiger charge is -2.68. The molecule has 50 heavy (non-hydrogen) atoms. The Hall–Kier alpha value is -2.38. The highest BCUT2D eigenvalue weighted by Gasteiger charge is 2.68. The highest BCUT2D eigenvalue weighted by Crippen LogP contribution is 2.73. The maximum absolute atomic E-state index is 15.3. The maximum Gasteiger partial charge on any atom is 0.410 e. The van der Waals surface area contributed by atoms with Gasteiger partial charge in [0.15, 0.2) is 5.78 Å². The van der Waals surface area contributed by atoms with Crippen LogP contribution in [-0.4, -0.2) is 70.4 Å². The minimum Gasteiger partial charge on any atom is -0.462 e. The van der Waals surface area contributed by atoms with Gasteiger partial charge in [-0.2, -0.15) is 0 Å². The van der Waals surface area contributed by atoms with Crippen LogP contribution in [0.4, 0.5) is 4.79 Å². The Balaban J connectivity index is 1.19. The standard InChI is InChI=1S/C42H64N2O6/c1-24(2)34-30(46)21-42(36(47)44-26-11-12-27(44)23-43(22-26)37(48)50-38(4,5)6)20-15-29-28(35(34)42)13-14-32-40(29,9)18-16-31-39(7,8)33(49-25(3)45)17-19-41(31,32)10/h24,26-29,31-33H,11-23H2,1-10H3/t26?,27?,28-,29?,31?,32?,33-,40?,41?,42+/m0/s1. The van der Waals surface area contributed by atoms with Gasteiger partial charge in [-0.25, -0.2) is 4.79 Å². The van der Waals surface area contributed by atoms with E-state index in [1.807, 2.05) is 25.7 Å². The van der Waals surface area contributed by atoms with Gasteiger partial charge in [0.1, 0.15) is 11.7 Å². The van der Waals surface area contributed by atoms with Crippen molar-refractivity contribution in [3.8, 4) is 0 Å². The van der Waals surface area contributed by atoms with E-state index in [-0.39, 0.29) is 70.0 Å². The number of hydrogen-bond acceptors (Lipinski definition) is 6. The normalized spacial score (nSPS) is 42.1. The van der Waals surface area contributed by atoms with Gasteiger partial charge in [-0.15, -0.1) is 0 Å². The largest absolute Gasteiger partial charge is 0.462 e. The molecule has 0 radical (unpaired) electrons. The lowest BCUT2D eigenvalue weighted by atomic mass is 9.36. The SMILES string of the molecule is CC(=O)O[C@H]1CCC2(C)C3CC[C@@H]4C5=C(C(C)C)C(=O)C[C@]5(C(=O)N5C6CCC5CN(C(=O)OC(C)(C)C)C6)CCC4C3(C)CCC2C1(C)C. The first-order chi connectivity index (χ1) is 23.2. The van der Waals surface area contributed by atoms with Crippen LogP contribution in [0.25, 0.3) is 0 Å². The van der Waals surface area contributed by atoms with E-state index >= 15 is 4.79 Å². The zero-order valence-corrected chi connectivity index (χ0v) is 32.7. The molecule has 2 aliphatic heterocycles. The second-order valence-corrected chi connectivity index (χ2v) is 20.1. The van der Waals surface area contributed by atoms with Crippen LogP contribution in [0, 0.1) is 51.2 Å². The van der Waals surface area contributed by atoms with Crippen LogP contribution < -0.4 is 0 Å². The molecule has 6 fully saturated rings. The number of piperazine rings is 1. The van der Waals surface area contributed by atoms with E-state index in [1.54, 1.807) is 6.92 Å². The minimum absolute atomic E-state index is 0.0331. The summed E-state index contributed by atoms with van der Waals surface area (Å²) < 4.78 is 11.7. The number of fused-ring (bicyclic) bond motifs is 9. The van der Waals surface area contributed by atoms with Gasteiger partial charge < -0.3 is 19.3 Å². The minimum atomic E-state index is -0.749. The van der Waals surface area contributed by atoms with Crippen molar-refractivity contribution in [2.45, 2.75) is 164 Å². The third kappa shape index (κ3) is 5.24. The number of Topliss-reactive ketones (excluding diaryl/α,β-unsaturated/α-hetero) is 1. The van der Waals surface area contributed by atoms with Gasteiger partial charge in [0.2, 0.25) is 5.91 Å². The lowest BCUT2D eigenvalue weighted by molar-refractivity contribution is -0.212. The summed E-state index contributed by atoms with van der Waals surface area (Å²) in [5, 5.41) is 0. The first-order valence-electron chi connectivity index (χ1n) is 20.0. The van der Waals surface area contributed by atoms with E-state index in [0.717, 1.165) is 69.8 Å². The third-order valence-electron chi connectivity index (χ3n) is 15.6. The number of nitrogens with zero attached hydrogens (tertiary/aromatic N) is 2. The van der Waals surface area contributed by atoms with Crippen molar-refractivity contribution in [1.29, 1.82) is 0 Å². The molecule has 2 amide bonds. The van der Waals surface area contributed by atoms with Crippen LogP contribution in [0.5, 0.6) is 0 Å². The number of ketones is 1. The van der Waals surface area contributed by atoms with Crippen LogP contribution in [0.2, 0.25) is 0 Å². The molecule has 278 valence electrons. The number of hydrogen-bond donors (Lipinski definition) is 0. The summed E-state index contributed by atoms with van der Waals surface area (Å²) in [6, 6.07) is -0.0662. The molecular formula is C42H64N2O6. The summed E-state index contributed by atoms with van der Waals surface area (Å²) in [6.07, 6.45) is 9.90. The molecule has 8 heteroatoms. The molecule has 7 unspecified atom stereocenters. The molecule has 2 saturated heterocycles. The molecule has 2 bridgehead atoms. The second-order valence-electron chi connectivity index (χ2n) is 20.1. The first kappa shape index (κ1) is 36.0. The van der Waals surface area contributed by atoms with E-state index in [2.05, 4.69) is 46.4 Å². The topological polar surface area (TPSA) is 93.2 Å². The number of ether oxygens (including phenoxy) is 2. The fourth-order valence-corrected chi connectivity index (χ4v) is 13.9. The van der Waals surface area contributed by atoms with Crippen molar-refractivity contribution in [1.82, 2.24) is 9.80 Å². The molecule has 2 heterocycles. The quantitative estimate of drug-likeness (QED) is 0.278. The van der Waals surface area contributed by atoms with Crippen LogP contribution in [0.1, 0.15) is 140 Å². The summed E-state index contributed by atoms with van der Waals surface area (Å²) in [7, 11) is 0. The fraction of sp³-hybridized carbons (Fsp3) is 0.857. The van der Waals surface area contributed by atoms with Gasteiger partial charge in [-0.05, 0) is 137 Å². The molecule has 5 aliphatic carbocycles. The molecule has 8 nitrogen and oxygen atoms in total. The van der Waals surface area contributed by atoms with E-state index in [1.165, 1.54) is 5.57 Å². The van der Waals surface area contributed by atoms with Crippen molar-refractivity contribution in [3.63, 3.8) is 0 Å². The van der Waals surface area contributed by atoms with Gasteiger partial charge in [0, 0.05) is 43.9 Å². The molecule has 10 atom stereocenters. The molecule has 0 aromatic heterocycles. The average molecular weight is 693 g/mol. The summed E-state index contributed by atoms with van der Waals surface area (Å²) in [4.78, 5) is 58.5. The van der Waals surface area contributed by atoms with Crippen LogP contribution in [-0.2, 0) is 23.9 Å². The van der Waals surface area contributed by atoms with Crippen LogP contribution >= 0.6 is 0 Å². The van der Waals surface area contributed by atoms with Gasteiger partial charge >= 0.3 is 12.1 Å². The van der Waals surface area contributed by atoms with Gasteiger partial charge in [-0.3, -0.25) is 14.4 Å². The predicted molar refractivity (Wildman–Crippen MR) is 192 cm³/mol. The highest BCUT2D eigenvalue weighted by molar-refractivity contribution is 6.07. The zero-order chi connectivity index (χ0) is 36.3. The summed E-state index contributed by atoms with van der Waals surface area (Å²) >= 11 is 0. The monoisotopic (exact) mass is 692 g/mol. The number of rotatable bonds is 3. The Morgan fingerprint density at radius 2 is 1.46 bits per heavy atom. The zero-order valence-electron chi connectivity index (χ0n) is 32.7. The summed E-state index contributed by atoms with van der Waals surface area (Å²) in [5.41, 5.74) is 1.08. The fourth-order valence-electron chi connectivity index (χ4n) is 13.9. The Labute approximate surface area is 300 Å². The summed E-state index contributed by atoms with van der Waals surface area (Å²) in [6.45, 7) is 22.3. The molecule has 4 saturated carbocycles. The van der Waals surface area contributed by atoms with Crippen molar-refractivity contribution in [3.05, 3.63) is 11.1 Å². The lowest BCUT2D eigenvalue weighted by Crippen LogP contribution is -2.64. The third-order valence-corrected chi connectivity index (χ3v) is 15.6.